The Balaban J connectivity index is 1.31. The van der Waals surface area contributed by atoms with Crippen LogP contribution in [0, 0.1) is 0 Å². The van der Waals surface area contributed by atoms with E-state index < -0.39 is 17.5 Å². The highest BCUT2D eigenvalue weighted by atomic mass is 35.5. The molecule has 5 rings (SSSR count). The van der Waals surface area contributed by atoms with E-state index in [1.807, 2.05) is 0 Å². The molecule has 2 aliphatic rings. The van der Waals surface area contributed by atoms with Gasteiger partial charge in [0.05, 0.1) is 17.2 Å². The molecule has 172 valence electrons. The van der Waals surface area contributed by atoms with Crippen molar-refractivity contribution in [2.45, 2.75) is 25.4 Å². The molecule has 1 atom stereocenters. The predicted octanol–water partition coefficient (Wildman–Crippen LogP) is 2.12. The fourth-order valence-corrected chi connectivity index (χ4v) is 4.22. The third-order valence-corrected chi connectivity index (χ3v) is 6.05. The molecule has 1 unspecified atom stereocenters. The van der Waals surface area contributed by atoms with Crippen molar-refractivity contribution in [3.63, 3.8) is 0 Å². The van der Waals surface area contributed by atoms with Gasteiger partial charge in [-0.05, 0) is 48.4 Å². The molecule has 0 aliphatic carbocycles. The van der Waals surface area contributed by atoms with Crippen LogP contribution in [-0.4, -0.2) is 34.1 Å². The van der Waals surface area contributed by atoms with Gasteiger partial charge in [0.25, 0.3) is 17.4 Å². The fourth-order valence-electron chi connectivity index (χ4n) is 4.04. The summed E-state index contributed by atoms with van der Waals surface area (Å²) in [6.45, 7) is 0.396. The van der Waals surface area contributed by atoms with Crippen molar-refractivity contribution in [3.8, 4) is 5.75 Å². The number of aromatic nitrogens is 2. The summed E-state index contributed by atoms with van der Waals surface area (Å²) < 4.78 is 6.75. The molecular formula is C24H19ClN4O5. The van der Waals surface area contributed by atoms with Gasteiger partial charge in [-0.2, -0.15) is 5.10 Å². The lowest BCUT2D eigenvalue weighted by Gasteiger charge is -2.21. The number of rotatable bonds is 4. The molecule has 9 nitrogen and oxygen atoms in total. The van der Waals surface area contributed by atoms with Crippen LogP contribution in [0.15, 0.2) is 53.0 Å². The summed E-state index contributed by atoms with van der Waals surface area (Å²) in [4.78, 5) is 49.0. The summed E-state index contributed by atoms with van der Waals surface area (Å²) in [5, 5.41) is 10.8. The van der Waals surface area contributed by atoms with Crippen molar-refractivity contribution in [1.82, 2.24) is 20.4 Å². The Morgan fingerprint density at radius 2 is 2.06 bits per heavy atom. The zero-order valence-corrected chi connectivity index (χ0v) is 18.6. The number of carbonyl (C=O) groups is 3. The first-order chi connectivity index (χ1) is 16.4. The van der Waals surface area contributed by atoms with Gasteiger partial charge in [0.15, 0.2) is 0 Å². The molecule has 0 radical (unpaired) electrons. The number of fused-ring (bicyclic) bond motifs is 2. The van der Waals surface area contributed by atoms with Crippen molar-refractivity contribution in [2.75, 3.05) is 6.61 Å². The average Bonchev–Trinajstić information content (AvgIpc) is 2.83. The molecule has 1 saturated heterocycles. The maximum absolute atomic E-state index is 12.9. The van der Waals surface area contributed by atoms with Gasteiger partial charge in [-0.1, -0.05) is 17.7 Å². The molecule has 0 spiro atoms. The van der Waals surface area contributed by atoms with Crippen LogP contribution >= 0.6 is 11.6 Å². The monoisotopic (exact) mass is 478 g/mol. The Labute approximate surface area is 198 Å². The van der Waals surface area contributed by atoms with E-state index in [-0.39, 0.29) is 37.8 Å². The normalized spacial score (nSPS) is 17.4. The Kier molecular flexibility index (Phi) is 5.62. The molecule has 3 amide bonds. The van der Waals surface area contributed by atoms with Crippen LogP contribution in [0.1, 0.15) is 30.0 Å². The summed E-state index contributed by atoms with van der Waals surface area (Å²) in [5.74, 6) is -0.483. The number of ether oxygens (including phenoxy) is 1. The van der Waals surface area contributed by atoms with Crippen molar-refractivity contribution in [2.24, 2.45) is 0 Å². The molecule has 2 N–H and O–H groups in total. The second-order valence-electron chi connectivity index (χ2n) is 8.11. The first kappa shape index (κ1) is 21.8. The van der Waals surface area contributed by atoms with E-state index >= 15 is 0 Å². The van der Waals surface area contributed by atoms with Crippen LogP contribution in [-0.2, 0) is 20.9 Å². The quantitative estimate of drug-likeness (QED) is 0.554. The first-order valence-electron chi connectivity index (χ1n) is 10.6. The molecule has 34 heavy (non-hydrogen) atoms. The van der Waals surface area contributed by atoms with Crippen LogP contribution in [0.5, 0.6) is 5.75 Å². The minimum atomic E-state index is -0.820. The minimum Gasteiger partial charge on any atom is -0.488 e. The summed E-state index contributed by atoms with van der Waals surface area (Å²) in [6, 6.07) is 9.55. The van der Waals surface area contributed by atoms with E-state index in [1.54, 1.807) is 42.5 Å². The van der Waals surface area contributed by atoms with E-state index in [2.05, 4.69) is 15.7 Å². The molecule has 0 bridgehead atoms. The number of amides is 3. The van der Waals surface area contributed by atoms with E-state index in [0.29, 0.717) is 27.1 Å². The number of hydrogen-bond donors (Lipinski definition) is 2. The van der Waals surface area contributed by atoms with E-state index in [1.165, 1.54) is 6.20 Å². The smallest absolute Gasteiger partial charge is 0.275 e. The lowest BCUT2D eigenvalue weighted by molar-refractivity contribution is -0.136. The van der Waals surface area contributed by atoms with Crippen LogP contribution in [0.4, 0.5) is 0 Å². The average molecular weight is 479 g/mol. The van der Waals surface area contributed by atoms with Crippen molar-refractivity contribution < 1.29 is 19.1 Å². The summed E-state index contributed by atoms with van der Waals surface area (Å²) in [6.07, 6.45) is 3.64. The van der Waals surface area contributed by atoms with Crippen LogP contribution in [0.3, 0.4) is 0 Å². The maximum atomic E-state index is 12.9. The summed E-state index contributed by atoms with van der Waals surface area (Å²) >= 11 is 6.02. The number of nitrogens with one attached hydrogen (secondary N) is 2. The topological polar surface area (TPSA) is 119 Å². The van der Waals surface area contributed by atoms with Gasteiger partial charge in [-0.3, -0.25) is 24.5 Å². The van der Waals surface area contributed by atoms with E-state index in [4.69, 9.17) is 16.3 Å². The number of imide groups is 1. The van der Waals surface area contributed by atoms with Gasteiger partial charge in [0.2, 0.25) is 5.91 Å². The van der Waals surface area contributed by atoms with Crippen molar-refractivity contribution in [3.05, 3.63) is 74.7 Å². The second-order valence-corrected chi connectivity index (χ2v) is 8.54. The van der Waals surface area contributed by atoms with Crippen LogP contribution < -0.4 is 20.9 Å². The molecule has 3 heterocycles. The van der Waals surface area contributed by atoms with Crippen LogP contribution in [0.2, 0.25) is 5.02 Å². The Hall–Kier alpha value is -3.98. The SMILES string of the molecule is O=C1CCC(n2ncc3cc(CNC(=O)C4=Cc5cc(Cl)ccc5OC4)ccc3c2=O)C(=O)N1. The van der Waals surface area contributed by atoms with Crippen LogP contribution in [0.25, 0.3) is 16.8 Å². The molecule has 3 aromatic rings. The summed E-state index contributed by atoms with van der Waals surface area (Å²) in [5.41, 5.74) is 1.59. The highest BCUT2D eigenvalue weighted by molar-refractivity contribution is 6.30. The third-order valence-electron chi connectivity index (χ3n) is 5.81. The molecule has 2 aliphatic heterocycles. The Morgan fingerprint density at radius 3 is 2.88 bits per heavy atom. The highest BCUT2D eigenvalue weighted by Gasteiger charge is 2.30. The molecule has 1 aromatic heterocycles. The zero-order chi connectivity index (χ0) is 23.8. The molecule has 1 fully saturated rings. The standard InChI is InChI=1S/C24H19ClN4O5/c25-17-2-5-20-14(9-17)8-16(12-34-20)22(31)26-10-13-1-3-18-15(7-13)11-27-29(24(18)33)19-4-6-21(30)28-23(19)32/h1-3,5,7-9,11,19H,4,6,10,12H2,(H,26,31)(H,28,30,32). The number of halogens is 1. The number of carbonyl (C=O) groups excluding carboxylic acids is 3. The molecule has 10 heteroatoms. The Morgan fingerprint density at radius 1 is 1.21 bits per heavy atom. The molecule has 0 saturated carbocycles. The zero-order valence-electron chi connectivity index (χ0n) is 17.8. The van der Waals surface area contributed by atoms with Gasteiger partial charge in [-0.15, -0.1) is 0 Å². The van der Waals surface area contributed by atoms with Gasteiger partial charge < -0.3 is 10.1 Å². The second kappa shape index (κ2) is 8.75. The fraction of sp³-hybridized carbons (Fsp3) is 0.208. The largest absolute Gasteiger partial charge is 0.488 e. The van der Waals surface area contributed by atoms with Gasteiger partial charge >= 0.3 is 0 Å². The van der Waals surface area contributed by atoms with Gasteiger partial charge in [-0.25, -0.2) is 4.68 Å². The molecular weight excluding hydrogens is 460 g/mol. The minimum absolute atomic E-state index is 0.154. The van der Waals surface area contributed by atoms with Gasteiger partial charge in [0, 0.05) is 28.9 Å². The first-order valence-corrected chi connectivity index (χ1v) is 11.0. The van der Waals surface area contributed by atoms with E-state index in [0.717, 1.165) is 15.8 Å². The van der Waals surface area contributed by atoms with Gasteiger partial charge in [0.1, 0.15) is 18.4 Å². The predicted molar refractivity (Wildman–Crippen MR) is 124 cm³/mol. The lowest BCUT2D eigenvalue weighted by atomic mass is 10.1. The number of hydrogen-bond acceptors (Lipinski definition) is 6. The van der Waals surface area contributed by atoms with Crippen molar-refractivity contribution in [1.29, 1.82) is 0 Å². The molecule has 2 aromatic carbocycles. The third kappa shape index (κ3) is 4.17. The lowest BCUT2D eigenvalue weighted by Crippen LogP contribution is -2.45. The summed E-state index contributed by atoms with van der Waals surface area (Å²) in [7, 11) is 0. The number of piperidine rings is 1. The number of benzene rings is 2. The highest BCUT2D eigenvalue weighted by Crippen LogP contribution is 2.29. The van der Waals surface area contributed by atoms with Crippen molar-refractivity contribution >= 4 is 46.2 Å². The van der Waals surface area contributed by atoms with E-state index in [9.17, 15) is 19.2 Å². The Bertz CT molecular complexity index is 1450. The number of nitrogens with zero attached hydrogens (tertiary/aromatic N) is 2. The maximum Gasteiger partial charge on any atom is 0.275 e.